The molecule has 0 spiro atoms. The van der Waals surface area contributed by atoms with Crippen LogP contribution in [0.2, 0.25) is 0 Å². The maximum atomic E-state index is 13.5. The summed E-state index contributed by atoms with van der Waals surface area (Å²) in [6.45, 7) is -0.143. The summed E-state index contributed by atoms with van der Waals surface area (Å²) >= 11 is 0. The zero-order valence-corrected chi connectivity index (χ0v) is 13.3. The van der Waals surface area contributed by atoms with Crippen molar-refractivity contribution in [2.24, 2.45) is 0 Å². The molecule has 0 saturated heterocycles. The van der Waals surface area contributed by atoms with E-state index in [1.54, 1.807) is 54.6 Å². The molecule has 0 aromatic heterocycles. The number of benzene rings is 3. The van der Waals surface area contributed by atoms with Gasteiger partial charge in [-0.3, -0.25) is 4.79 Å². The molecule has 0 unspecified atom stereocenters. The topological polar surface area (TPSA) is 43.4 Å². The average Bonchev–Trinajstić information content (AvgIpc) is 2.67. The van der Waals surface area contributed by atoms with Gasteiger partial charge in [-0.05, 0) is 18.2 Å². The third-order valence-electron chi connectivity index (χ3n) is 3.74. The SMILES string of the molecule is O=C(OCc1ccccc1F)c1ccc(C(=O)c2ccccc2)cc1. The fourth-order valence-electron chi connectivity index (χ4n) is 2.36. The van der Waals surface area contributed by atoms with Crippen molar-refractivity contribution in [2.45, 2.75) is 6.61 Å². The van der Waals surface area contributed by atoms with Crippen LogP contribution in [-0.4, -0.2) is 11.8 Å². The van der Waals surface area contributed by atoms with Gasteiger partial charge in [-0.15, -0.1) is 0 Å². The van der Waals surface area contributed by atoms with Gasteiger partial charge in [-0.2, -0.15) is 0 Å². The molecular weight excluding hydrogens is 319 g/mol. The molecule has 4 heteroatoms. The third-order valence-corrected chi connectivity index (χ3v) is 3.74. The number of halogens is 1. The average molecular weight is 334 g/mol. The molecule has 3 nitrogen and oxygen atoms in total. The van der Waals surface area contributed by atoms with E-state index in [1.165, 1.54) is 18.2 Å². The van der Waals surface area contributed by atoms with Gasteiger partial charge in [-0.1, -0.05) is 60.7 Å². The zero-order valence-electron chi connectivity index (χ0n) is 13.3. The van der Waals surface area contributed by atoms with Crippen molar-refractivity contribution in [1.29, 1.82) is 0 Å². The van der Waals surface area contributed by atoms with E-state index < -0.39 is 11.8 Å². The van der Waals surface area contributed by atoms with Crippen LogP contribution >= 0.6 is 0 Å². The number of carbonyl (C=O) groups excluding carboxylic acids is 2. The van der Waals surface area contributed by atoms with Crippen molar-refractivity contribution in [1.82, 2.24) is 0 Å². The Morgan fingerprint density at radius 2 is 1.28 bits per heavy atom. The lowest BCUT2D eigenvalue weighted by Gasteiger charge is -2.07. The number of ketones is 1. The number of hydrogen-bond donors (Lipinski definition) is 0. The van der Waals surface area contributed by atoms with Crippen molar-refractivity contribution in [2.75, 3.05) is 0 Å². The molecule has 0 aliphatic rings. The van der Waals surface area contributed by atoms with Crippen molar-refractivity contribution in [3.8, 4) is 0 Å². The minimum absolute atomic E-state index is 0.119. The van der Waals surface area contributed by atoms with Gasteiger partial charge in [0.2, 0.25) is 0 Å². The van der Waals surface area contributed by atoms with Gasteiger partial charge in [0.15, 0.2) is 5.78 Å². The Kier molecular flexibility index (Phi) is 5.00. The number of esters is 1. The van der Waals surface area contributed by atoms with Crippen LogP contribution in [0.4, 0.5) is 4.39 Å². The molecule has 3 rings (SSSR count). The molecule has 0 N–H and O–H groups in total. The highest BCUT2D eigenvalue weighted by atomic mass is 19.1. The predicted octanol–water partition coefficient (Wildman–Crippen LogP) is 4.41. The van der Waals surface area contributed by atoms with Crippen molar-refractivity contribution in [3.63, 3.8) is 0 Å². The summed E-state index contributed by atoms with van der Waals surface area (Å²) in [6, 6.07) is 21.2. The zero-order chi connectivity index (χ0) is 17.6. The van der Waals surface area contributed by atoms with E-state index in [0.29, 0.717) is 22.3 Å². The Morgan fingerprint density at radius 3 is 1.96 bits per heavy atom. The van der Waals surface area contributed by atoms with Gasteiger partial charge >= 0.3 is 5.97 Å². The minimum atomic E-state index is -0.568. The molecule has 3 aromatic carbocycles. The normalized spacial score (nSPS) is 10.3. The monoisotopic (exact) mass is 334 g/mol. The van der Waals surface area contributed by atoms with Crippen LogP contribution in [-0.2, 0) is 11.3 Å². The quantitative estimate of drug-likeness (QED) is 0.513. The van der Waals surface area contributed by atoms with E-state index in [0.717, 1.165) is 0 Å². The number of hydrogen-bond acceptors (Lipinski definition) is 3. The number of rotatable bonds is 5. The molecule has 0 aliphatic heterocycles. The largest absolute Gasteiger partial charge is 0.457 e. The summed E-state index contributed by atoms with van der Waals surface area (Å²) in [7, 11) is 0. The first-order valence-corrected chi connectivity index (χ1v) is 7.75. The molecule has 0 saturated carbocycles. The highest BCUT2D eigenvalue weighted by Gasteiger charge is 2.12. The van der Waals surface area contributed by atoms with Gasteiger partial charge in [0, 0.05) is 16.7 Å². The van der Waals surface area contributed by atoms with Crippen LogP contribution in [0.15, 0.2) is 78.9 Å². The Morgan fingerprint density at radius 1 is 0.720 bits per heavy atom. The maximum Gasteiger partial charge on any atom is 0.338 e. The Labute approximate surface area is 144 Å². The molecule has 0 aliphatic carbocycles. The lowest BCUT2D eigenvalue weighted by molar-refractivity contribution is 0.0468. The van der Waals surface area contributed by atoms with Crippen molar-refractivity contribution < 1.29 is 18.7 Å². The van der Waals surface area contributed by atoms with Gasteiger partial charge in [-0.25, -0.2) is 9.18 Å². The Hall–Kier alpha value is -3.27. The van der Waals surface area contributed by atoms with Crippen LogP contribution < -0.4 is 0 Å². The fourth-order valence-corrected chi connectivity index (χ4v) is 2.36. The predicted molar refractivity (Wildman–Crippen MR) is 91.8 cm³/mol. The van der Waals surface area contributed by atoms with Crippen LogP contribution in [0.5, 0.6) is 0 Å². The molecule has 0 heterocycles. The lowest BCUT2D eigenvalue weighted by Crippen LogP contribution is -2.07. The smallest absolute Gasteiger partial charge is 0.338 e. The van der Waals surface area contributed by atoms with Crippen LogP contribution in [0.1, 0.15) is 31.8 Å². The summed E-state index contributed by atoms with van der Waals surface area (Å²) in [5.74, 6) is -1.10. The molecule has 25 heavy (non-hydrogen) atoms. The van der Waals surface area contributed by atoms with Crippen molar-refractivity contribution >= 4 is 11.8 Å². The molecule has 0 radical (unpaired) electrons. The first-order chi connectivity index (χ1) is 12.1. The van der Waals surface area contributed by atoms with Gasteiger partial charge < -0.3 is 4.74 Å². The molecular formula is C21H15FO3. The van der Waals surface area contributed by atoms with Gasteiger partial charge in [0.1, 0.15) is 12.4 Å². The van der Waals surface area contributed by atoms with E-state index in [2.05, 4.69) is 0 Å². The highest BCUT2D eigenvalue weighted by molar-refractivity contribution is 6.09. The summed E-state index contributed by atoms with van der Waals surface area (Å²) in [6.07, 6.45) is 0. The fraction of sp³-hybridized carbons (Fsp3) is 0.0476. The van der Waals surface area contributed by atoms with E-state index in [1.807, 2.05) is 6.07 Å². The number of carbonyl (C=O) groups is 2. The molecule has 0 amide bonds. The molecule has 0 atom stereocenters. The number of ether oxygens (including phenoxy) is 1. The summed E-state index contributed by atoms with van der Waals surface area (Å²) in [5, 5.41) is 0. The first-order valence-electron chi connectivity index (χ1n) is 7.75. The van der Waals surface area contributed by atoms with Gasteiger partial charge in [0.05, 0.1) is 5.56 Å². The van der Waals surface area contributed by atoms with Gasteiger partial charge in [0.25, 0.3) is 0 Å². The second-order valence-electron chi connectivity index (χ2n) is 5.44. The van der Waals surface area contributed by atoms with Crippen molar-refractivity contribution in [3.05, 3.63) is 107 Å². The first kappa shape index (κ1) is 16.6. The molecule has 0 bridgehead atoms. The van der Waals surface area contributed by atoms with Crippen LogP contribution in [0.3, 0.4) is 0 Å². The van der Waals surface area contributed by atoms with E-state index in [9.17, 15) is 14.0 Å². The lowest BCUT2D eigenvalue weighted by atomic mass is 10.0. The summed E-state index contributed by atoms with van der Waals surface area (Å²) in [4.78, 5) is 24.4. The minimum Gasteiger partial charge on any atom is -0.457 e. The second-order valence-corrected chi connectivity index (χ2v) is 5.44. The highest BCUT2D eigenvalue weighted by Crippen LogP contribution is 2.13. The standard InChI is InChI=1S/C21H15FO3/c22-19-9-5-4-8-18(19)14-25-21(24)17-12-10-16(11-13-17)20(23)15-6-2-1-3-7-15/h1-13H,14H2. The summed E-state index contributed by atoms with van der Waals surface area (Å²) in [5.41, 5.74) is 1.68. The van der Waals surface area contributed by atoms with Crippen LogP contribution in [0, 0.1) is 5.82 Å². The van der Waals surface area contributed by atoms with Crippen LogP contribution in [0.25, 0.3) is 0 Å². The van der Waals surface area contributed by atoms with E-state index in [-0.39, 0.29) is 12.4 Å². The third kappa shape index (κ3) is 3.98. The molecule has 3 aromatic rings. The van der Waals surface area contributed by atoms with E-state index in [4.69, 9.17) is 4.74 Å². The molecule has 124 valence electrons. The second kappa shape index (κ2) is 7.53. The summed E-state index contributed by atoms with van der Waals surface area (Å²) < 4.78 is 18.6. The molecule has 0 fully saturated rings. The Balaban J connectivity index is 1.67. The maximum absolute atomic E-state index is 13.5. The van der Waals surface area contributed by atoms with E-state index >= 15 is 0 Å². The Bertz CT molecular complexity index is 887.